The smallest absolute Gasteiger partial charge is 0.260 e. The molecule has 3 rings (SSSR count). The van der Waals surface area contributed by atoms with Crippen LogP contribution in [0.4, 0.5) is 5.69 Å². The van der Waals surface area contributed by atoms with Crippen molar-refractivity contribution in [2.45, 2.75) is 0 Å². The number of rotatable bonds is 5. The number of benzene rings is 2. The summed E-state index contributed by atoms with van der Waals surface area (Å²) < 4.78 is 10.8. The number of hydrogen-bond acceptors (Lipinski definition) is 4. The average molecular weight is 361 g/mol. The van der Waals surface area contributed by atoms with E-state index < -0.39 is 0 Å². The second kappa shape index (κ2) is 8.12. The standard InChI is InChI=1S/C19H21ClN2O3/c1-24-16-6-4-5-15(13-16)21-9-11-22(12-10-21)19(23)14-25-18-8-3-2-7-17(18)20/h2-8,13H,9-12,14H2,1H3. The quantitative estimate of drug-likeness (QED) is 0.821. The Morgan fingerprint density at radius 2 is 1.84 bits per heavy atom. The SMILES string of the molecule is COc1cccc(N2CCN(C(=O)COc3ccccc3Cl)CC2)c1. The zero-order chi connectivity index (χ0) is 17.6. The van der Waals surface area contributed by atoms with E-state index in [4.69, 9.17) is 21.1 Å². The monoisotopic (exact) mass is 360 g/mol. The Labute approximate surface area is 152 Å². The molecule has 5 nitrogen and oxygen atoms in total. The predicted octanol–water partition coefficient (Wildman–Crippen LogP) is 3.08. The Morgan fingerprint density at radius 3 is 2.56 bits per heavy atom. The van der Waals surface area contributed by atoms with Crippen molar-refractivity contribution in [1.82, 2.24) is 4.90 Å². The summed E-state index contributed by atoms with van der Waals surface area (Å²) >= 11 is 6.04. The van der Waals surface area contributed by atoms with Gasteiger partial charge in [-0.1, -0.05) is 29.8 Å². The number of amides is 1. The summed E-state index contributed by atoms with van der Waals surface area (Å²) in [5, 5.41) is 0.512. The van der Waals surface area contributed by atoms with Crippen LogP contribution in [0, 0.1) is 0 Å². The molecule has 0 aliphatic carbocycles. The zero-order valence-electron chi connectivity index (χ0n) is 14.2. The summed E-state index contributed by atoms with van der Waals surface area (Å²) in [6, 6.07) is 15.1. The minimum absolute atomic E-state index is 0.00287. The summed E-state index contributed by atoms with van der Waals surface area (Å²) in [7, 11) is 1.66. The van der Waals surface area contributed by atoms with E-state index >= 15 is 0 Å². The van der Waals surface area contributed by atoms with Crippen LogP contribution in [0.15, 0.2) is 48.5 Å². The van der Waals surface area contributed by atoms with Gasteiger partial charge in [-0.05, 0) is 24.3 Å². The highest BCUT2D eigenvalue weighted by molar-refractivity contribution is 6.32. The molecule has 0 bridgehead atoms. The molecule has 1 aliphatic heterocycles. The van der Waals surface area contributed by atoms with Crippen LogP contribution in [-0.2, 0) is 4.79 Å². The molecule has 132 valence electrons. The van der Waals surface area contributed by atoms with Crippen LogP contribution >= 0.6 is 11.6 Å². The second-order valence-corrected chi connectivity index (χ2v) is 6.20. The van der Waals surface area contributed by atoms with Crippen molar-refractivity contribution in [3.63, 3.8) is 0 Å². The van der Waals surface area contributed by atoms with Crippen LogP contribution in [-0.4, -0.2) is 50.7 Å². The summed E-state index contributed by atoms with van der Waals surface area (Å²) in [5.41, 5.74) is 1.11. The number of halogens is 1. The van der Waals surface area contributed by atoms with Gasteiger partial charge in [0.2, 0.25) is 0 Å². The molecule has 0 atom stereocenters. The third-order valence-corrected chi connectivity index (χ3v) is 4.55. The van der Waals surface area contributed by atoms with Gasteiger partial charge in [-0.15, -0.1) is 0 Å². The minimum atomic E-state index is -0.0230. The van der Waals surface area contributed by atoms with Crippen molar-refractivity contribution >= 4 is 23.2 Å². The molecule has 0 saturated carbocycles. The number of hydrogen-bond donors (Lipinski definition) is 0. The minimum Gasteiger partial charge on any atom is -0.497 e. The van der Waals surface area contributed by atoms with E-state index in [2.05, 4.69) is 11.0 Å². The predicted molar refractivity (Wildman–Crippen MR) is 98.7 cm³/mol. The molecule has 0 N–H and O–H groups in total. The number of piperazine rings is 1. The molecule has 2 aromatic rings. The van der Waals surface area contributed by atoms with Gasteiger partial charge < -0.3 is 19.3 Å². The van der Waals surface area contributed by atoms with Crippen molar-refractivity contribution in [3.8, 4) is 11.5 Å². The number of nitrogens with zero attached hydrogens (tertiary/aromatic N) is 2. The molecular formula is C19H21ClN2O3. The van der Waals surface area contributed by atoms with E-state index in [-0.39, 0.29) is 12.5 Å². The third kappa shape index (κ3) is 4.37. The first kappa shape index (κ1) is 17.4. The molecule has 1 heterocycles. The van der Waals surface area contributed by atoms with Crippen LogP contribution in [0.2, 0.25) is 5.02 Å². The Morgan fingerprint density at radius 1 is 1.08 bits per heavy atom. The Balaban J connectivity index is 1.51. The summed E-state index contributed by atoms with van der Waals surface area (Å²) in [5.74, 6) is 1.35. The van der Waals surface area contributed by atoms with Crippen molar-refractivity contribution in [3.05, 3.63) is 53.6 Å². The molecule has 1 saturated heterocycles. The molecule has 1 fully saturated rings. The van der Waals surface area contributed by atoms with Gasteiger partial charge in [-0.25, -0.2) is 0 Å². The fourth-order valence-electron chi connectivity index (χ4n) is 2.81. The molecule has 0 spiro atoms. The fraction of sp³-hybridized carbons (Fsp3) is 0.316. The molecule has 0 radical (unpaired) electrons. The van der Waals surface area contributed by atoms with Gasteiger partial charge in [-0.2, -0.15) is 0 Å². The van der Waals surface area contributed by atoms with Crippen molar-refractivity contribution in [2.75, 3.05) is 44.8 Å². The van der Waals surface area contributed by atoms with Crippen LogP contribution < -0.4 is 14.4 Å². The Kier molecular flexibility index (Phi) is 5.66. The van der Waals surface area contributed by atoms with Gasteiger partial charge in [0.05, 0.1) is 12.1 Å². The normalized spacial score (nSPS) is 14.3. The van der Waals surface area contributed by atoms with Gasteiger partial charge in [0, 0.05) is 37.9 Å². The van der Waals surface area contributed by atoms with E-state index in [0.29, 0.717) is 23.9 Å². The maximum Gasteiger partial charge on any atom is 0.260 e. The van der Waals surface area contributed by atoms with Gasteiger partial charge in [0.15, 0.2) is 6.61 Å². The highest BCUT2D eigenvalue weighted by Crippen LogP contribution is 2.24. The van der Waals surface area contributed by atoms with Crippen molar-refractivity contribution < 1.29 is 14.3 Å². The number of carbonyl (C=O) groups is 1. The lowest BCUT2D eigenvalue weighted by Gasteiger charge is -2.36. The van der Waals surface area contributed by atoms with Crippen LogP contribution in [0.25, 0.3) is 0 Å². The van der Waals surface area contributed by atoms with Crippen molar-refractivity contribution in [1.29, 1.82) is 0 Å². The van der Waals surface area contributed by atoms with E-state index in [1.54, 1.807) is 19.2 Å². The lowest BCUT2D eigenvalue weighted by Crippen LogP contribution is -2.50. The maximum atomic E-state index is 12.3. The first-order valence-corrected chi connectivity index (χ1v) is 8.59. The van der Waals surface area contributed by atoms with E-state index in [0.717, 1.165) is 24.5 Å². The highest BCUT2D eigenvalue weighted by Gasteiger charge is 2.22. The van der Waals surface area contributed by atoms with Gasteiger partial charge in [-0.3, -0.25) is 4.79 Å². The van der Waals surface area contributed by atoms with Crippen LogP contribution in [0.1, 0.15) is 0 Å². The first-order chi connectivity index (χ1) is 12.2. The molecule has 2 aromatic carbocycles. The number of ether oxygens (including phenoxy) is 2. The van der Waals surface area contributed by atoms with E-state index in [1.165, 1.54) is 0 Å². The van der Waals surface area contributed by atoms with E-state index in [1.807, 2.05) is 35.2 Å². The number of para-hydroxylation sites is 1. The maximum absolute atomic E-state index is 12.3. The van der Waals surface area contributed by atoms with Crippen molar-refractivity contribution in [2.24, 2.45) is 0 Å². The molecule has 25 heavy (non-hydrogen) atoms. The molecular weight excluding hydrogens is 340 g/mol. The fourth-order valence-corrected chi connectivity index (χ4v) is 3.00. The van der Waals surface area contributed by atoms with Crippen LogP contribution in [0.3, 0.4) is 0 Å². The molecule has 0 aromatic heterocycles. The van der Waals surface area contributed by atoms with E-state index in [9.17, 15) is 4.79 Å². The van der Waals surface area contributed by atoms with Crippen LogP contribution in [0.5, 0.6) is 11.5 Å². The summed E-state index contributed by atoms with van der Waals surface area (Å²) in [6.07, 6.45) is 0. The zero-order valence-corrected chi connectivity index (χ0v) is 14.9. The molecule has 0 unspecified atom stereocenters. The summed E-state index contributed by atoms with van der Waals surface area (Å²) in [4.78, 5) is 16.4. The Hall–Kier alpha value is -2.40. The largest absolute Gasteiger partial charge is 0.497 e. The number of anilines is 1. The molecule has 1 amide bonds. The van der Waals surface area contributed by atoms with Gasteiger partial charge >= 0.3 is 0 Å². The summed E-state index contributed by atoms with van der Waals surface area (Å²) in [6.45, 7) is 2.91. The third-order valence-electron chi connectivity index (χ3n) is 4.24. The first-order valence-electron chi connectivity index (χ1n) is 8.21. The molecule has 6 heteroatoms. The highest BCUT2D eigenvalue weighted by atomic mass is 35.5. The topological polar surface area (TPSA) is 42.0 Å². The molecule has 1 aliphatic rings. The number of carbonyl (C=O) groups excluding carboxylic acids is 1. The lowest BCUT2D eigenvalue weighted by molar-refractivity contribution is -0.133. The number of methoxy groups -OCH3 is 1. The Bertz CT molecular complexity index is 730. The van der Waals surface area contributed by atoms with Gasteiger partial charge in [0.1, 0.15) is 11.5 Å². The second-order valence-electron chi connectivity index (χ2n) is 5.79. The lowest BCUT2D eigenvalue weighted by atomic mass is 10.2. The average Bonchev–Trinajstić information content (AvgIpc) is 2.67. The van der Waals surface area contributed by atoms with Gasteiger partial charge in [0.25, 0.3) is 5.91 Å².